The van der Waals surface area contributed by atoms with Crippen LogP contribution in [0.5, 0.6) is 0 Å². The Morgan fingerprint density at radius 3 is 2.41 bits per heavy atom. The molecule has 3 heteroatoms. The summed E-state index contributed by atoms with van der Waals surface area (Å²) in [7, 11) is 0. The Labute approximate surface area is 104 Å². The highest BCUT2D eigenvalue weighted by Gasteiger charge is 2.07. The molecule has 0 spiro atoms. The highest BCUT2D eigenvalue weighted by molar-refractivity contribution is 6.17. The molecular formula is C14H11ClF2. The Morgan fingerprint density at radius 1 is 1.00 bits per heavy atom. The van der Waals surface area contributed by atoms with Crippen LogP contribution < -0.4 is 0 Å². The zero-order chi connectivity index (χ0) is 12.4. The van der Waals surface area contributed by atoms with E-state index in [0.29, 0.717) is 11.4 Å². The fourth-order valence-corrected chi connectivity index (χ4v) is 1.89. The van der Waals surface area contributed by atoms with E-state index in [9.17, 15) is 8.78 Å². The molecule has 0 aromatic heterocycles. The molecule has 0 bridgehead atoms. The van der Waals surface area contributed by atoms with Crippen molar-refractivity contribution in [1.82, 2.24) is 0 Å². The van der Waals surface area contributed by atoms with Crippen LogP contribution >= 0.6 is 11.6 Å². The third-order valence-corrected chi connectivity index (χ3v) is 3.00. The van der Waals surface area contributed by atoms with Gasteiger partial charge in [0.2, 0.25) is 0 Å². The highest BCUT2D eigenvalue weighted by atomic mass is 35.5. The molecule has 0 radical (unpaired) electrons. The van der Waals surface area contributed by atoms with Crippen LogP contribution in [0.3, 0.4) is 0 Å². The van der Waals surface area contributed by atoms with E-state index in [1.165, 1.54) is 6.07 Å². The molecular weight excluding hydrogens is 242 g/mol. The summed E-state index contributed by atoms with van der Waals surface area (Å²) >= 11 is 5.76. The van der Waals surface area contributed by atoms with Gasteiger partial charge in [-0.05, 0) is 47.4 Å². The first-order chi connectivity index (χ1) is 8.11. The van der Waals surface area contributed by atoms with Gasteiger partial charge in [-0.3, -0.25) is 0 Å². The Kier molecular flexibility index (Phi) is 3.43. The van der Waals surface area contributed by atoms with Crippen LogP contribution in [-0.2, 0) is 5.88 Å². The fourth-order valence-electron chi connectivity index (χ4n) is 1.73. The molecule has 0 atom stereocenters. The number of halogens is 3. The molecule has 0 heterocycles. The molecule has 88 valence electrons. The Bertz CT molecular complexity index is 550. The van der Waals surface area contributed by atoms with Crippen LogP contribution in [-0.4, -0.2) is 0 Å². The third-order valence-electron chi connectivity index (χ3n) is 2.69. The van der Waals surface area contributed by atoms with Gasteiger partial charge >= 0.3 is 0 Å². The summed E-state index contributed by atoms with van der Waals surface area (Å²) in [6, 6.07) is 9.65. The lowest BCUT2D eigenvalue weighted by Crippen LogP contribution is -1.89. The van der Waals surface area contributed by atoms with Gasteiger partial charge in [0.15, 0.2) is 11.6 Å². The molecule has 0 N–H and O–H groups in total. The average molecular weight is 253 g/mol. The molecule has 0 nitrogen and oxygen atoms in total. The van der Waals surface area contributed by atoms with E-state index >= 15 is 0 Å². The maximum Gasteiger partial charge on any atom is 0.159 e. The quantitative estimate of drug-likeness (QED) is 0.681. The van der Waals surface area contributed by atoms with E-state index < -0.39 is 11.6 Å². The van der Waals surface area contributed by atoms with Crippen LogP contribution in [0, 0.1) is 18.6 Å². The molecule has 2 aromatic rings. The van der Waals surface area contributed by atoms with Crippen molar-refractivity contribution in [2.24, 2.45) is 0 Å². The van der Waals surface area contributed by atoms with Gasteiger partial charge in [0.25, 0.3) is 0 Å². The number of benzene rings is 2. The molecule has 0 saturated heterocycles. The maximum atomic E-state index is 13.2. The van der Waals surface area contributed by atoms with Gasteiger partial charge in [-0.25, -0.2) is 8.78 Å². The normalized spacial score (nSPS) is 10.6. The molecule has 0 saturated carbocycles. The lowest BCUT2D eigenvalue weighted by atomic mass is 9.98. The summed E-state index contributed by atoms with van der Waals surface area (Å²) in [6.07, 6.45) is 0. The largest absolute Gasteiger partial charge is 0.204 e. The van der Waals surface area contributed by atoms with Crippen LogP contribution in [0.15, 0.2) is 36.4 Å². The first-order valence-electron chi connectivity index (χ1n) is 5.22. The van der Waals surface area contributed by atoms with Gasteiger partial charge in [0, 0.05) is 5.88 Å². The summed E-state index contributed by atoms with van der Waals surface area (Å²) in [5.41, 5.74) is 3.50. The first-order valence-corrected chi connectivity index (χ1v) is 5.76. The number of aryl methyl sites for hydroxylation is 1. The van der Waals surface area contributed by atoms with Crippen molar-refractivity contribution >= 4 is 11.6 Å². The van der Waals surface area contributed by atoms with Crippen molar-refractivity contribution in [2.75, 3.05) is 0 Å². The van der Waals surface area contributed by atoms with E-state index in [4.69, 9.17) is 11.6 Å². The molecule has 0 fully saturated rings. The number of alkyl halides is 1. The van der Waals surface area contributed by atoms with Crippen molar-refractivity contribution in [3.8, 4) is 11.1 Å². The molecule has 0 aliphatic rings. The predicted molar refractivity (Wildman–Crippen MR) is 66.1 cm³/mol. The van der Waals surface area contributed by atoms with Gasteiger partial charge in [0.1, 0.15) is 0 Å². The summed E-state index contributed by atoms with van der Waals surface area (Å²) < 4.78 is 26.0. The first kappa shape index (κ1) is 12.1. The van der Waals surface area contributed by atoms with Crippen molar-refractivity contribution < 1.29 is 8.78 Å². The molecule has 17 heavy (non-hydrogen) atoms. The summed E-state index contributed by atoms with van der Waals surface area (Å²) in [5, 5.41) is 0. The van der Waals surface area contributed by atoms with Gasteiger partial charge < -0.3 is 0 Å². The van der Waals surface area contributed by atoms with Crippen LogP contribution in [0.2, 0.25) is 0 Å². The number of hydrogen-bond donors (Lipinski definition) is 0. The van der Waals surface area contributed by atoms with Crippen LogP contribution in [0.4, 0.5) is 8.78 Å². The third kappa shape index (κ3) is 2.47. The molecule has 0 amide bonds. The van der Waals surface area contributed by atoms with Crippen molar-refractivity contribution in [2.45, 2.75) is 12.8 Å². The van der Waals surface area contributed by atoms with Crippen molar-refractivity contribution in [3.05, 3.63) is 59.2 Å². The van der Waals surface area contributed by atoms with E-state index in [-0.39, 0.29) is 0 Å². The van der Waals surface area contributed by atoms with Gasteiger partial charge in [-0.2, -0.15) is 0 Å². The van der Waals surface area contributed by atoms with Crippen molar-refractivity contribution in [3.63, 3.8) is 0 Å². The second-order valence-electron chi connectivity index (χ2n) is 3.91. The standard InChI is InChI=1S/C14H11ClF2/c1-9-2-3-10(8-15)6-12(9)11-4-5-13(16)14(17)7-11/h2-7H,8H2,1H3. The summed E-state index contributed by atoms with van der Waals surface area (Å²) in [5.74, 6) is -1.27. The molecule has 0 aliphatic carbocycles. The van der Waals surface area contributed by atoms with Crippen molar-refractivity contribution in [1.29, 1.82) is 0 Å². The van der Waals surface area contributed by atoms with Gasteiger partial charge in [0.05, 0.1) is 0 Å². The summed E-state index contributed by atoms with van der Waals surface area (Å²) in [6.45, 7) is 1.93. The predicted octanol–water partition coefficient (Wildman–Crippen LogP) is 4.68. The maximum absolute atomic E-state index is 13.2. The lowest BCUT2D eigenvalue weighted by molar-refractivity contribution is 0.509. The van der Waals surface area contributed by atoms with Gasteiger partial charge in [-0.1, -0.05) is 18.2 Å². The zero-order valence-corrected chi connectivity index (χ0v) is 10.1. The molecule has 0 unspecified atom stereocenters. The lowest BCUT2D eigenvalue weighted by Gasteiger charge is -2.08. The number of hydrogen-bond acceptors (Lipinski definition) is 0. The molecule has 2 rings (SSSR count). The smallest absolute Gasteiger partial charge is 0.159 e. The molecule has 2 aromatic carbocycles. The fraction of sp³-hybridized carbons (Fsp3) is 0.143. The Hall–Kier alpha value is -1.41. The van der Waals surface area contributed by atoms with E-state index in [0.717, 1.165) is 22.8 Å². The van der Waals surface area contributed by atoms with Crippen LogP contribution in [0.1, 0.15) is 11.1 Å². The molecule has 0 aliphatic heterocycles. The minimum Gasteiger partial charge on any atom is -0.204 e. The highest BCUT2D eigenvalue weighted by Crippen LogP contribution is 2.26. The minimum atomic E-state index is -0.835. The average Bonchev–Trinajstić information content (AvgIpc) is 2.33. The van der Waals surface area contributed by atoms with Gasteiger partial charge in [-0.15, -0.1) is 11.6 Å². The zero-order valence-electron chi connectivity index (χ0n) is 9.31. The van der Waals surface area contributed by atoms with E-state index in [2.05, 4.69) is 0 Å². The minimum absolute atomic E-state index is 0.400. The number of rotatable bonds is 2. The van der Waals surface area contributed by atoms with Crippen LogP contribution in [0.25, 0.3) is 11.1 Å². The Balaban J connectivity index is 2.55. The SMILES string of the molecule is Cc1ccc(CCl)cc1-c1ccc(F)c(F)c1. The van der Waals surface area contributed by atoms with E-state index in [1.54, 1.807) is 6.07 Å². The second-order valence-corrected chi connectivity index (χ2v) is 4.18. The Morgan fingerprint density at radius 2 is 1.76 bits per heavy atom. The monoisotopic (exact) mass is 252 g/mol. The second kappa shape index (κ2) is 4.84. The topological polar surface area (TPSA) is 0 Å². The summed E-state index contributed by atoms with van der Waals surface area (Å²) in [4.78, 5) is 0. The van der Waals surface area contributed by atoms with E-state index in [1.807, 2.05) is 25.1 Å².